The van der Waals surface area contributed by atoms with E-state index in [4.69, 9.17) is 0 Å². The SMILES string of the molecule is CC(C)C(=O)N[C@@H](CCN1CCC2(CC1)CC(=O)N(Cc1ccc(OC(F)(F)F)cc1)C2)c1ccccc1.Cl. The van der Waals surface area contributed by atoms with Crippen LogP contribution in [0.1, 0.15) is 56.7 Å². The molecule has 0 unspecified atom stereocenters. The molecule has 1 N–H and O–H groups in total. The Hall–Kier alpha value is -2.78. The van der Waals surface area contributed by atoms with Crippen molar-refractivity contribution in [1.82, 2.24) is 15.1 Å². The van der Waals surface area contributed by atoms with Gasteiger partial charge in [0.25, 0.3) is 0 Å². The molecular formula is C29H37ClF3N3O3. The molecule has 0 bridgehead atoms. The van der Waals surface area contributed by atoms with E-state index >= 15 is 0 Å². The van der Waals surface area contributed by atoms with Gasteiger partial charge in [-0.2, -0.15) is 0 Å². The van der Waals surface area contributed by atoms with Crippen molar-refractivity contribution in [3.05, 3.63) is 65.7 Å². The molecule has 2 aliphatic rings. The normalized spacial score (nSPS) is 18.2. The van der Waals surface area contributed by atoms with Gasteiger partial charge < -0.3 is 19.9 Å². The fourth-order valence-corrected chi connectivity index (χ4v) is 5.39. The molecule has 2 amide bonds. The van der Waals surface area contributed by atoms with Gasteiger partial charge in [0.15, 0.2) is 0 Å². The molecule has 214 valence electrons. The number of nitrogens with one attached hydrogen (secondary N) is 1. The molecule has 2 aromatic rings. The average Bonchev–Trinajstić information content (AvgIpc) is 3.17. The third-order valence-corrected chi connectivity index (χ3v) is 7.63. The van der Waals surface area contributed by atoms with Crippen LogP contribution < -0.4 is 10.1 Å². The number of ether oxygens (including phenoxy) is 1. The molecule has 39 heavy (non-hydrogen) atoms. The number of amides is 2. The zero-order chi connectivity index (χ0) is 27.3. The molecule has 2 aromatic carbocycles. The number of benzene rings is 2. The van der Waals surface area contributed by atoms with Crippen molar-refractivity contribution in [2.75, 3.05) is 26.2 Å². The van der Waals surface area contributed by atoms with Crippen LogP contribution in [0.15, 0.2) is 54.6 Å². The van der Waals surface area contributed by atoms with Crippen molar-refractivity contribution < 1.29 is 27.5 Å². The Labute approximate surface area is 234 Å². The van der Waals surface area contributed by atoms with Gasteiger partial charge in [-0.1, -0.05) is 56.3 Å². The summed E-state index contributed by atoms with van der Waals surface area (Å²) < 4.78 is 41.1. The van der Waals surface area contributed by atoms with E-state index in [1.807, 2.05) is 49.1 Å². The lowest BCUT2D eigenvalue weighted by Crippen LogP contribution is -2.43. The molecule has 6 nitrogen and oxygen atoms in total. The number of alkyl halides is 3. The van der Waals surface area contributed by atoms with Crippen LogP contribution in [-0.2, 0) is 16.1 Å². The molecule has 0 radical (unpaired) electrons. The first-order chi connectivity index (χ1) is 18.0. The van der Waals surface area contributed by atoms with E-state index in [-0.39, 0.29) is 47.3 Å². The summed E-state index contributed by atoms with van der Waals surface area (Å²) in [5.41, 5.74) is 1.82. The summed E-state index contributed by atoms with van der Waals surface area (Å²) in [6.45, 7) is 7.48. The summed E-state index contributed by atoms with van der Waals surface area (Å²) in [6.07, 6.45) is -1.57. The van der Waals surface area contributed by atoms with E-state index in [0.717, 1.165) is 50.0 Å². The molecule has 1 atom stereocenters. The number of piperidine rings is 1. The number of rotatable bonds is 9. The van der Waals surface area contributed by atoms with Crippen molar-refractivity contribution in [3.8, 4) is 5.75 Å². The predicted octanol–water partition coefficient (Wildman–Crippen LogP) is 5.73. The molecule has 1 spiro atoms. The second-order valence-corrected chi connectivity index (χ2v) is 10.9. The quantitative estimate of drug-likeness (QED) is 0.421. The minimum atomic E-state index is -4.72. The molecule has 2 heterocycles. The summed E-state index contributed by atoms with van der Waals surface area (Å²) in [5.74, 6) is -0.209. The summed E-state index contributed by atoms with van der Waals surface area (Å²) in [7, 11) is 0. The first-order valence-corrected chi connectivity index (χ1v) is 13.2. The first kappa shape index (κ1) is 30.8. The van der Waals surface area contributed by atoms with Gasteiger partial charge >= 0.3 is 6.36 Å². The maximum absolute atomic E-state index is 12.8. The van der Waals surface area contributed by atoms with E-state index in [2.05, 4.69) is 15.0 Å². The van der Waals surface area contributed by atoms with Gasteiger partial charge in [0.2, 0.25) is 11.8 Å². The highest BCUT2D eigenvalue weighted by Gasteiger charge is 2.44. The summed E-state index contributed by atoms with van der Waals surface area (Å²) in [6, 6.07) is 15.7. The Bertz CT molecular complexity index is 1090. The lowest BCUT2D eigenvalue weighted by molar-refractivity contribution is -0.274. The van der Waals surface area contributed by atoms with Crippen molar-refractivity contribution in [3.63, 3.8) is 0 Å². The van der Waals surface area contributed by atoms with Crippen molar-refractivity contribution in [2.45, 2.75) is 58.5 Å². The monoisotopic (exact) mass is 567 g/mol. The Morgan fingerprint density at radius 1 is 1.05 bits per heavy atom. The minimum Gasteiger partial charge on any atom is -0.406 e. The molecule has 2 saturated heterocycles. The minimum absolute atomic E-state index is 0. The lowest BCUT2D eigenvalue weighted by atomic mass is 9.77. The van der Waals surface area contributed by atoms with Gasteiger partial charge in [-0.25, -0.2) is 0 Å². The van der Waals surface area contributed by atoms with Crippen LogP contribution in [-0.4, -0.2) is 54.2 Å². The molecule has 2 aliphatic heterocycles. The highest BCUT2D eigenvalue weighted by atomic mass is 35.5. The van der Waals surface area contributed by atoms with Gasteiger partial charge in [0.05, 0.1) is 6.04 Å². The zero-order valence-corrected chi connectivity index (χ0v) is 23.2. The number of likely N-dealkylation sites (tertiary alicyclic amines) is 2. The Balaban J connectivity index is 0.00000420. The molecule has 0 aromatic heterocycles. The average molecular weight is 568 g/mol. The number of hydrogen-bond acceptors (Lipinski definition) is 4. The van der Waals surface area contributed by atoms with E-state index < -0.39 is 6.36 Å². The zero-order valence-electron chi connectivity index (χ0n) is 22.4. The second kappa shape index (κ2) is 13.0. The fraction of sp³-hybridized carbons (Fsp3) is 0.517. The molecule has 0 saturated carbocycles. The Morgan fingerprint density at radius 3 is 2.28 bits per heavy atom. The summed E-state index contributed by atoms with van der Waals surface area (Å²) in [4.78, 5) is 29.4. The number of carbonyl (C=O) groups is 2. The van der Waals surface area contributed by atoms with E-state index in [0.29, 0.717) is 19.5 Å². The summed E-state index contributed by atoms with van der Waals surface area (Å²) >= 11 is 0. The Kier molecular flexibility index (Phi) is 10.3. The maximum atomic E-state index is 12.8. The highest BCUT2D eigenvalue weighted by Crippen LogP contribution is 2.41. The molecular weight excluding hydrogens is 531 g/mol. The predicted molar refractivity (Wildman–Crippen MR) is 145 cm³/mol. The molecule has 2 fully saturated rings. The number of carbonyl (C=O) groups excluding carboxylic acids is 2. The highest BCUT2D eigenvalue weighted by molar-refractivity contribution is 5.85. The third kappa shape index (κ3) is 8.60. The molecule has 0 aliphatic carbocycles. The van der Waals surface area contributed by atoms with Crippen molar-refractivity contribution in [2.24, 2.45) is 11.3 Å². The molecule has 10 heteroatoms. The topological polar surface area (TPSA) is 61.9 Å². The fourth-order valence-electron chi connectivity index (χ4n) is 5.39. The van der Waals surface area contributed by atoms with Crippen molar-refractivity contribution >= 4 is 24.2 Å². The second-order valence-electron chi connectivity index (χ2n) is 10.9. The Morgan fingerprint density at radius 2 is 1.69 bits per heavy atom. The number of nitrogens with zero attached hydrogens (tertiary/aromatic N) is 2. The maximum Gasteiger partial charge on any atom is 0.573 e. The van der Waals surface area contributed by atoms with Crippen LogP contribution in [0.5, 0.6) is 5.75 Å². The first-order valence-electron chi connectivity index (χ1n) is 13.2. The van der Waals surface area contributed by atoms with Gasteiger partial charge in [-0.15, -0.1) is 25.6 Å². The number of hydrogen-bond donors (Lipinski definition) is 1. The van der Waals surface area contributed by atoms with Gasteiger partial charge in [0.1, 0.15) is 5.75 Å². The lowest BCUT2D eigenvalue weighted by Gasteiger charge is -2.39. The molecule has 4 rings (SSSR count). The van der Waals surface area contributed by atoms with Crippen LogP contribution in [0, 0.1) is 11.3 Å². The largest absolute Gasteiger partial charge is 0.573 e. The van der Waals surface area contributed by atoms with Crippen molar-refractivity contribution in [1.29, 1.82) is 0 Å². The van der Waals surface area contributed by atoms with E-state index in [9.17, 15) is 22.8 Å². The van der Waals surface area contributed by atoms with Gasteiger partial charge in [-0.3, -0.25) is 9.59 Å². The van der Waals surface area contributed by atoms with Crippen LogP contribution >= 0.6 is 12.4 Å². The van der Waals surface area contributed by atoms with E-state index in [1.165, 1.54) is 12.1 Å². The van der Waals surface area contributed by atoms with Gasteiger partial charge in [0, 0.05) is 32.0 Å². The van der Waals surface area contributed by atoms with Gasteiger partial charge in [-0.05, 0) is 61.0 Å². The van der Waals surface area contributed by atoms with Crippen LogP contribution in [0.2, 0.25) is 0 Å². The summed E-state index contributed by atoms with van der Waals surface area (Å²) in [5, 5.41) is 3.19. The van der Waals surface area contributed by atoms with Crippen LogP contribution in [0.4, 0.5) is 13.2 Å². The smallest absolute Gasteiger partial charge is 0.406 e. The van der Waals surface area contributed by atoms with Crippen LogP contribution in [0.25, 0.3) is 0 Å². The number of halogens is 4. The third-order valence-electron chi connectivity index (χ3n) is 7.63. The van der Waals surface area contributed by atoms with Crippen LogP contribution in [0.3, 0.4) is 0 Å². The standard InChI is InChI=1S/C29H36F3N3O3.ClH/c1-21(2)27(37)33-25(23-6-4-3-5-7-23)12-15-34-16-13-28(14-17-34)18-26(36)35(20-28)19-22-8-10-24(11-9-22)38-29(30,31)32;/h3-11,21,25H,12-20H2,1-2H3,(H,33,37);1H/t25-;/m0./s1. The van der Waals surface area contributed by atoms with E-state index in [1.54, 1.807) is 12.1 Å².